The highest BCUT2D eigenvalue weighted by Crippen LogP contribution is 2.33. The maximum absolute atomic E-state index is 13.0. The van der Waals surface area contributed by atoms with Gasteiger partial charge in [0.25, 0.3) is 10.0 Å². The van der Waals surface area contributed by atoms with Crippen molar-refractivity contribution >= 4 is 73.9 Å². The van der Waals surface area contributed by atoms with Gasteiger partial charge in [0.05, 0.1) is 23.2 Å². The van der Waals surface area contributed by atoms with Gasteiger partial charge in [0.2, 0.25) is 20.0 Å². The van der Waals surface area contributed by atoms with Crippen LogP contribution in [0.1, 0.15) is 50.5 Å². The molecule has 1 fully saturated rings. The van der Waals surface area contributed by atoms with Crippen molar-refractivity contribution in [1.29, 1.82) is 0 Å². The molecule has 1 aliphatic rings. The summed E-state index contributed by atoms with van der Waals surface area (Å²) in [5.74, 6) is 1.26. The van der Waals surface area contributed by atoms with Gasteiger partial charge in [-0.25, -0.2) is 48.6 Å². The second kappa shape index (κ2) is 24.5. The lowest BCUT2D eigenvalue weighted by Gasteiger charge is -2.29. The van der Waals surface area contributed by atoms with E-state index in [9.17, 15) is 25.3 Å². The number of hydrogen-bond donors (Lipinski definition) is 4. The van der Waals surface area contributed by atoms with E-state index in [1.807, 2.05) is 72.3 Å². The molecule has 0 unspecified atom stereocenters. The van der Waals surface area contributed by atoms with Gasteiger partial charge in [0.15, 0.2) is 16.0 Å². The van der Waals surface area contributed by atoms with Crippen LogP contribution in [0.4, 0.5) is 10.3 Å². The van der Waals surface area contributed by atoms with Crippen LogP contribution in [-0.4, -0.2) is 82.1 Å². The number of aryl methyl sites for hydroxylation is 1. The molecule has 4 N–H and O–H groups in total. The first-order chi connectivity index (χ1) is 36.8. The molecule has 17 nitrogen and oxygen atoms in total. The summed E-state index contributed by atoms with van der Waals surface area (Å²) in [4.78, 5) is 14.2. The summed E-state index contributed by atoms with van der Waals surface area (Å²) in [6.07, 6.45) is 10.9. The molecule has 0 saturated heterocycles. The van der Waals surface area contributed by atoms with E-state index >= 15 is 0 Å². The van der Waals surface area contributed by atoms with Crippen LogP contribution in [0.15, 0.2) is 170 Å². The topological polar surface area (TPSA) is 229 Å². The molecule has 1 saturated carbocycles. The third-order valence-corrected chi connectivity index (χ3v) is 18.9. The smallest absolute Gasteiger partial charge is 0.267 e. The van der Waals surface area contributed by atoms with Crippen LogP contribution in [0.2, 0.25) is 0 Å². The molecule has 5 heterocycles. The van der Waals surface area contributed by atoms with Crippen LogP contribution in [0.25, 0.3) is 44.9 Å². The molecule has 0 spiro atoms. The predicted molar refractivity (Wildman–Crippen MR) is 299 cm³/mol. The van der Waals surface area contributed by atoms with Crippen LogP contribution < -0.4 is 24.8 Å². The summed E-state index contributed by atoms with van der Waals surface area (Å²) < 4.78 is 94.3. The Hall–Kier alpha value is -6.79. The van der Waals surface area contributed by atoms with E-state index in [0.717, 1.165) is 76.7 Å². The zero-order valence-electron chi connectivity index (χ0n) is 41.7. The number of rotatable bonds is 21. The molecule has 0 atom stereocenters. The van der Waals surface area contributed by atoms with Crippen molar-refractivity contribution in [3.63, 3.8) is 0 Å². The highest BCUT2D eigenvalue weighted by molar-refractivity contribution is 7.90. The molecule has 396 valence electrons. The first-order valence-electron chi connectivity index (χ1n) is 24.7. The van der Waals surface area contributed by atoms with E-state index < -0.39 is 30.1 Å². The summed E-state index contributed by atoms with van der Waals surface area (Å²) in [7, 11) is -9.48. The lowest BCUT2D eigenvalue weighted by Crippen LogP contribution is -2.34. The number of unbranched alkanes of at least 4 members (excludes halogenated alkanes) is 2. The Labute approximate surface area is 451 Å². The van der Waals surface area contributed by atoms with Gasteiger partial charge in [-0.15, -0.1) is 22.7 Å². The Morgan fingerprint density at radius 2 is 1.39 bits per heavy atom. The minimum absolute atomic E-state index is 0.147. The van der Waals surface area contributed by atoms with Crippen molar-refractivity contribution in [3.05, 3.63) is 156 Å². The number of fused-ring (bicyclic) bond motifs is 1. The second-order valence-corrected chi connectivity index (χ2v) is 25.2. The van der Waals surface area contributed by atoms with Gasteiger partial charge in [-0.2, -0.15) is 0 Å². The maximum Gasteiger partial charge on any atom is 0.267 e. The Bertz CT molecular complexity index is 3700. The summed E-state index contributed by atoms with van der Waals surface area (Å²) in [5, 5.41) is 17.3. The number of anilines is 2. The van der Waals surface area contributed by atoms with E-state index in [2.05, 4.69) is 35.2 Å². The highest BCUT2D eigenvalue weighted by atomic mass is 32.2. The third kappa shape index (κ3) is 13.4. The molecule has 0 amide bonds. The highest BCUT2D eigenvalue weighted by Gasteiger charge is 2.26. The lowest BCUT2D eigenvalue weighted by atomic mass is 9.86. The predicted octanol–water partition coefficient (Wildman–Crippen LogP) is 10.7. The molecule has 22 heteroatoms. The van der Waals surface area contributed by atoms with E-state index in [0.29, 0.717) is 66.3 Å². The fourth-order valence-corrected chi connectivity index (χ4v) is 14.0. The van der Waals surface area contributed by atoms with Gasteiger partial charge >= 0.3 is 0 Å². The summed E-state index contributed by atoms with van der Waals surface area (Å²) in [6.45, 7) is 3.29. The zero-order valence-corrected chi connectivity index (χ0v) is 45.8. The van der Waals surface area contributed by atoms with Crippen molar-refractivity contribution in [2.24, 2.45) is 5.92 Å². The van der Waals surface area contributed by atoms with Gasteiger partial charge < -0.3 is 19.9 Å². The second-order valence-electron chi connectivity index (χ2n) is 18.2. The lowest BCUT2D eigenvalue weighted by molar-refractivity contribution is 0.337. The number of thiazole rings is 2. The van der Waals surface area contributed by atoms with E-state index in [-0.39, 0.29) is 14.7 Å². The van der Waals surface area contributed by atoms with Crippen LogP contribution in [-0.2, 0) is 30.1 Å². The van der Waals surface area contributed by atoms with Crippen LogP contribution in [0.3, 0.4) is 0 Å². The number of nitrogens with zero attached hydrogens (tertiary/aromatic N) is 5. The number of para-hydroxylation sites is 1. The fourth-order valence-electron chi connectivity index (χ4n) is 8.66. The number of benzene rings is 4. The number of methoxy groups -OCH3 is 1. The molecular weight excluding hydrogens is 1060 g/mol. The Morgan fingerprint density at radius 3 is 2.18 bits per heavy atom. The van der Waals surface area contributed by atoms with E-state index in [1.54, 1.807) is 90.5 Å². The van der Waals surface area contributed by atoms with Crippen molar-refractivity contribution in [2.75, 3.05) is 37.4 Å². The van der Waals surface area contributed by atoms with Gasteiger partial charge in [-0.1, -0.05) is 84.4 Å². The Morgan fingerprint density at radius 1 is 0.684 bits per heavy atom. The normalized spacial score (nSPS) is 15.0. The Balaban J connectivity index is 0.000000186. The number of ether oxygens (including phenoxy) is 1. The molecule has 0 bridgehead atoms. The third-order valence-electron chi connectivity index (χ3n) is 12.8. The average Bonchev–Trinajstić information content (AvgIpc) is 4.31. The largest absolute Gasteiger partial charge is 0.495 e. The monoisotopic (exact) mass is 1120 g/mol. The van der Waals surface area contributed by atoms with Gasteiger partial charge in [0, 0.05) is 77.6 Å². The van der Waals surface area contributed by atoms with Gasteiger partial charge in [-0.3, -0.25) is 4.98 Å². The van der Waals surface area contributed by atoms with E-state index in [4.69, 9.17) is 14.2 Å². The first-order valence-corrected chi connectivity index (χ1v) is 30.8. The average molecular weight is 1120 g/mol. The molecule has 0 aliphatic heterocycles. The van der Waals surface area contributed by atoms with Crippen LogP contribution >= 0.6 is 22.7 Å². The number of hydrogen-bond acceptors (Lipinski definition) is 16. The molecule has 0 radical (unpaired) electrons. The molecule has 10 rings (SSSR count). The number of aromatic nitrogens is 5. The van der Waals surface area contributed by atoms with Gasteiger partial charge in [-0.05, 0) is 99.4 Å². The van der Waals surface area contributed by atoms with E-state index in [1.165, 1.54) is 28.6 Å². The first kappa shape index (κ1) is 54.0. The SMILES string of the molecule is COc1ccc(C)cc1S(=O)(=O)NCCCCCNc1nc(-c2ccn(S(=O)(=O)c3ccccc3)c2)cs1.O=S(=O)(NC[C@H]1CC[C@H](Nc2nc(-c3cc(-c4ccccc4)no3)cs2)CC1)c1cccc2cccnc12. The number of nitrogens with one attached hydrogen (secondary N) is 4. The molecule has 5 aromatic heterocycles. The summed E-state index contributed by atoms with van der Waals surface area (Å²) in [5.41, 5.74) is 5.31. The van der Waals surface area contributed by atoms with Crippen LogP contribution in [0, 0.1) is 12.8 Å². The minimum atomic E-state index is -3.65. The van der Waals surface area contributed by atoms with Crippen molar-refractivity contribution < 1.29 is 34.5 Å². The standard InChI is InChI=1S/C28H27N5O3S2.C26H30N4O5S3/c34-38(35,26-10-4-8-21-9-5-15-29-27(21)26)30-17-19-11-13-22(14-12-19)31-28-32-24(18-37-28)25-16-23(33-36-25)20-6-2-1-3-7-20;1-20-11-12-24(35-2)25(17-20)37(31,32)28-15-8-4-7-14-27-26-29-23(19-36-26)21-13-16-30(18-21)38(33,34)22-9-5-3-6-10-22/h1-10,15-16,18-19,22,30H,11-14,17H2,(H,31,32);3,5-6,9-13,16-19,28H,4,7-8,14-15H2,1-2H3,(H,27,29)/t19-,22-;. The van der Waals surface area contributed by atoms with Crippen molar-refractivity contribution in [1.82, 2.24) is 33.5 Å². The Kier molecular flexibility index (Phi) is 17.4. The molecule has 9 aromatic rings. The summed E-state index contributed by atoms with van der Waals surface area (Å²) >= 11 is 3.00. The fraction of sp³-hybridized carbons (Fsp3) is 0.259. The minimum Gasteiger partial charge on any atom is -0.495 e. The van der Waals surface area contributed by atoms with Gasteiger partial charge in [0.1, 0.15) is 26.9 Å². The summed E-state index contributed by atoms with van der Waals surface area (Å²) in [6, 6.07) is 36.1. The number of sulfonamides is 2. The zero-order chi connectivity index (χ0) is 53.1. The molecular formula is C54H57N9O8S5. The van der Waals surface area contributed by atoms with Crippen LogP contribution in [0.5, 0.6) is 5.75 Å². The van der Waals surface area contributed by atoms with Crippen molar-refractivity contribution in [3.8, 4) is 39.7 Å². The molecule has 76 heavy (non-hydrogen) atoms. The number of pyridine rings is 1. The maximum atomic E-state index is 13.0. The quantitative estimate of drug-likeness (QED) is 0.0491. The molecule has 4 aromatic carbocycles. The van der Waals surface area contributed by atoms with Crippen molar-refractivity contribution in [2.45, 2.75) is 72.6 Å². The molecule has 1 aliphatic carbocycles.